The van der Waals surface area contributed by atoms with Crippen molar-refractivity contribution in [3.05, 3.63) is 35.3 Å². The number of alkyl halides is 1. The molecule has 7 heterocycles. The van der Waals surface area contributed by atoms with Gasteiger partial charge in [0, 0.05) is 6.20 Å². The minimum Gasteiger partial charge on any atom is -0.397 e. The van der Waals surface area contributed by atoms with Crippen LogP contribution in [-0.4, -0.2) is 98.9 Å². The standard InChI is InChI=1S/C21H24FN9O11P2S/c22-10-14-9(40-19(10)30-5-26-11-7(23)1-2-25-16(11)30)4-38-44(36,45)42-15-13(32)8(3-37-43(34,35)41-14)39-20(15)31-6-27-12-17(31)28-21(24)29-18(12)33/h1-2,5-6,8-10,13-15,19-20,32H,3-4H2,(H2,23,25)(H,34,35)(H,36,45)(H3,24,28,29,33)/t8-,9-,10+,13+,14?,15?,19-,20-,44?/m1/s1. The number of nitrogens with two attached hydrogens (primary N) is 2. The van der Waals surface area contributed by atoms with Crippen molar-refractivity contribution in [3.8, 4) is 0 Å². The molecule has 20 nitrogen and oxygen atoms in total. The second kappa shape index (κ2) is 11.1. The zero-order chi connectivity index (χ0) is 31.8. The Morgan fingerprint density at radius 1 is 0.978 bits per heavy atom. The number of phosphoric ester groups is 1. The fourth-order valence-electron chi connectivity index (χ4n) is 5.34. The average molecular weight is 691 g/mol. The van der Waals surface area contributed by atoms with Gasteiger partial charge in [0.1, 0.15) is 36.0 Å². The van der Waals surface area contributed by atoms with Gasteiger partial charge in [-0.3, -0.25) is 32.5 Å². The molecule has 3 saturated heterocycles. The van der Waals surface area contributed by atoms with E-state index in [1.165, 1.54) is 27.7 Å². The summed E-state index contributed by atoms with van der Waals surface area (Å²) in [5.41, 5.74) is 11.4. The van der Waals surface area contributed by atoms with Crippen molar-refractivity contribution in [1.82, 2.24) is 34.1 Å². The summed E-state index contributed by atoms with van der Waals surface area (Å²) in [6.07, 6.45) is -9.05. The molecule has 0 amide bonds. The van der Waals surface area contributed by atoms with Crippen LogP contribution in [0.15, 0.2) is 29.7 Å². The van der Waals surface area contributed by atoms with Crippen molar-refractivity contribution in [2.45, 2.75) is 49.1 Å². The molecule has 4 aromatic rings. The molecule has 10 atom stereocenters. The van der Waals surface area contributed by atoms with E-state index in [-0.39, 0.29) is 34.0 Å². The molecule has 4 unspecified atom stereocenters. The lowest BCUT2D eigenvalue weighted by molar-refractivity contribution is -0.0635. The number of nitrogen functional groups attached to an aromatic ring is 2. The highest BCUT2D eigenvalue weighted by Gasteiger charge is 2.54. The number of aromatic amines is 1. The lowest BCUT2D eigenvalue weighted by Crippen LogP contribution is -2.35. The van der Waals surface area contributed by atoms with Crippen molar-refractivity contribution in [1.29, 1.82) is 0 Å². The van der Waals surface area contributed by atoms with Crippen molar-refractivity contribution in [2.75, 3.05) is 24.7 Å². The number of rotatable bonds is 2. The molecule has 0 saturated carbocycles. The Bertz CT molecular complexity index is 1940. The van der Waals surface area contributed by atoms with Gasteiger partial charge in [-0.15, -0.1) is 0 Å². The van der Waals surface area contributed by atoms with E-state index >= 15 is 4.39 Å². The summed E-state index contributed by atoms with van der Waals surface area (Å²) < 4.78 is 64.5. The van der Waals surface area contributed by atoms with Gasteiger partial charge < -0.3 is 40.4 Å². The maximum Gasteiger partial charge on any atom is 0.472 e. The number of nitrogens with one attached hydrogen (secondary N) is 1. The number of hydrogen-bond acceptors (Lipinski definition) is 16. The van der Waals surface area contributed by atoms with Gasteiger partial charge in [0.25, 0.3) is 5.56 Å². The number of phosphoric acid groups is 1. The molecule has 0 aromatic carbocycles. The van der Waals surface area contributed by atoms with Gasteiger partial charge in [0.2, 0.25) is 5.95 Å². The summed E-state index contributed by atoms with van der Waals surface area (Å²) in [4.78, 5) is 52.6. The Labute approximate surface area is 254 Å². The maximum absolute atomic E-state index is 15.9. The highest BCUT2D eigenvalue weighted by Crippen LogP contribution is 2.54. The van der Waals surface area contributed by atoms with Gasteiger partial charge in [-0.25, -0.2) is 23.9 Å². The lowest BCUT2D eigenvalue weighted by atomic mass is 10.1. The van der Waals surface area contributed by atoms with E-state index in [9.17, 15) is 24.3 Å². The van der Waals surface area contributed by atoms with Crippen LogP contribution in [0.5, 0.6) is 0 Å². The van der Waals surface area contributed by atoms with E-state index in [1.54, 1.807) is 0 Å². The second-order valence-electron chi connectivity index (χ2n) is 10.2. The molecular weight excluding hydrogens is 667 g/mol. The monoisotopic (exact) mass is 691 g/mol. The molecular formula is C21H24FN9O11P2S. The molecule has 4 aromatic heterocycles. The molecule has 0 radical (unpaired) electrons. The lowest BCUT2D eigenvalue weighted by Gasteiger charge is -2.27. The van der Waals surface area contributed by atoms with Crippen molar-refractivity contribution >= 4 is 60.3 Å². The quantitative estimate of drug-likeness (QED) is 0.143. The Hall–Kier alpha value is -2.98. The highest BCUT2D eigenvalue weighted by atomic mass is 32.5. The van der Waals surface area contributed by atoms with Crippen molar-refractivity contribution in [3.63, 3.8) is 0 Å². The molecule has 24 heteroatoms. The van der Waals surface area contributed by atoms with Gasteiger partial charge in [-0.1, -0.05) is 0 Å². The number of imidazole rings is 2. The number of pyridine rings is 1. The molecule has 3 fully saturated rings. The number of ether oxygens (including phenoxy) is 2. The Morgan fingerprint density at radius 2 is 1.67 bits per heavy atom. The van der Waals surface area contributed by atoms with Crippen LogP contribution in [0.25, 0.3) is 22.3 Å². The van der Waals surface area contributed by atoms with E-state index in [2.05, 4.69) is 24.9 Å². The second-order valence-corrected chi connectivity index (χ2v) is 14.4. The highest BCUT2D eigenvalue weighted by molar-refractivity contribution is 8.07. The predicted molar refractivity (Wildman–Crippen MR) is 151 cm³/mol. The average Bonchev–Trinajstić information content (AvgIpc) is 3.72. The Balaban J connectivity index is 1.21. The number of aliphatic hydroxyl groups excluding tert-OH is 1. The first-order valence-corrected chi connectivity index (χ1v) is 17.1. The van der Waals surface area contributed by atoms with Crippen LogP contribution in [0, 0.1) is 0 Å². The molecule has 0 aliphatic carbocycles. The number of H-pyrrole nitrogens is 1. The summed E-state index contributed by atoms with van der Waals surface area (Å²) in [5.74, 6) is -0.250. The molecule has 242 valence electrons. The third-order valence-corrected chi connectivity index (χ3v) is 9.93. The summed E-state index contributed by atoms with van der Waals surface area (Å²) in [5, 5.41) is 11.1. The summed E-state index contributed by atoms with van der Waals surface area (Å²) in [6, 6.07) is 1.50. The maximum atomic E-state index is 15.9. The van der Waals surface area contributed by atoms with Crippen LogP contribution in [-0.2, 0) is 43.9 Å². The van der Waals surface area contributed by atoms with Crippen LogP contribution in [0.3, 0.4) is 0 Å². The van der Waals surface area contributed by atoms with Gasteiger partial charge in [-0.05, 0) is 17.9 Å². The number of aliphatic hydroxyl groups is 1. The number of fused-ring (bicyclic) bond motifs is 5. The van der Waals surface area contributed by atoms with Crippen LogP contribution in [0.4, 0.5) is 16.0 Å². The first kappa shape index (κ1) is 30.7. The third kappa shape index (κ3) is 5.45. The molecule has 0 spiro atoms. The first-order chi connectivity index (χ1) is 21.3. The summed E-state index contributed by atoms with van der Waals surface area (Å²) >= 11 is 5.19. The fraction of sp³-hybridized carbons (Fsp3) is 0.476. The van der Waals surface area contributed by atoms with Gasteiger partial charge >= 0.3 is 14.5 Å². The van der Waals surface area contributed by atoms with Crippen LogP contribution < -0.4 is 17.0 Å². The van der Waals surface area contributed by atoms with Gasteiger partial charge in [0.05, 0.1) is 31.6 Å². The van der Waals surface area contributed by atoms with Crippen molar-refractivity contribution < 1.29 is 51.4 Å². The molecule has 3 aliphatic heterocycles. The Morgan fingerprint density at radius 3 is 2.44 bits per heavy atom. The number of aromatic nitrogens is 7. The molecule has 45 heavy (non-hydrogen) atoms. The van der Waals surface area contributed by atoms with E-state index < -0.39 is 82.5 Å². The SMILES string of the molecule is Nc1nc2c(ncn2[C@@H]2O[C@@H]3COP(=O)(O)OC4[C@@H](COP(O)(=S)OC2[C@H]3O)O[C@@H](n2cnc3c(N)ccnc32)[C@H]4F)c(=O)[nH]1. The smallest absolute Gasteiger partial charge is 0.397 e. The van der Waals surface area contributed by atoms with E-state index in [1.807, 2.05) is 0 Å². The van der Waals surface area contributed by atoms with E-state index in [4.69, 9.17) is 50.8 Å². The van der Waals surface area contributed by atoms with Crippen LogP contribution in [0.1, 0.15) is 12.5 Å². The minimum atomic E-state index is -5.08. The van der Waals surface area contributed by atoms with Gasteiger partial charge in [0.15, 0.2) is 35.4 Å². The number of halogens is 1. The zero-order valence-corrected chi connectivity index (χ0v) is 25.1. The fourth-order valence-corrected chi connectivity index (χ4v) is 7.71. The van der Waals surface area contributed by atoms with Crippen LogP contribution >= 0.6 is 14.5 Å². The van der Waals surface area contributed by atoms with E-state index in [0.717, 1.165) is 6.33 Å². The van der Waals surface area contributed by atoms with Crippen molar-refractivity contribution in [2.24, 2.45) is 0 Å². The number of nitrogens with zero attached hydrogens (tertiary/aromatic N) is 6. The zero-order valence-electron chi connectivity index (χ0n) is 22.5. The molecule has 8 N–H and O–H groups in total. The third-order valence-electron chi connectivity index (χ3n) is 7.38. The topological polar surface area (TPSA) is 279 Å². The van der Waals surface area contributed by atoms with Gasteiger partial charge in [-0.2, -0.15) is 4.98 Å². The predicted octanol–water partition coefficient (Wildman–Crippen LogP) is -0.643. The molecule has 2 bridgehead atoms. The summed E-state index contributed by atoms with van der Waals surface area (Å²) in [7, 11) is -5.08. The number of hydrogen-bond donors (Lipinski definition) is 6. The normalized spacial score (nSPS) is 37.7. The minimum absolute atomic E-state index is 0.0708. The largest absolute Gasteiger partial charge is 0.472 e. The Kier molecular flexibility index (Phi) is 7.55. The van der Waals surface area contributed by atoms with E-state index in [0.29, 0.717) is 0 Å². The molecule has 7 rings (SSSR count). The number of anilines is 2. The molecule has 3 aliphatic rings. The first-order valence-electron chi connectivity index (χ1n) is 13.1. The van der Waals surface area contributed by atoms with Crippen LogP contribution in [0.2, 0.25) is 0 Å². The summed E-state index contributed by atoms with van der Waals surface area (Å²) in [6.45, 7) is -5.79.